The van der Waals surface area contributed by atoms with E-state index in [1.54, 1.807) is 19.5 Å². The summed E-state index contributed by atoms with van der Waals surface area (Å²) in [5.41, 5.74) is 1.01. The van der Waals surface area contributed by atoms with Gasteiger partial charge >= 0.3 is 5.97 Å². The smallest absolute Gasteiger partial charge is 0.306 e. The van der Waals surface area contributed by atoms with Gasteiger partial charge in [0.15, 0.2) is 5.13 Å². The van der Waals surface area contributed by atoms with E-state index in [4.69, 9.17) is 9.47 Å². The number of piperidine rings is 1. The number of pyridine rings is 1. The van der Waals surface area contributed by atoms with Crippen LogP contribution in [0.3, 0.4) is 0 Å². The molecule has 3 heterocycles. The van der Waals surface area contributed by atoms with Crippen molar-refractivity contribution in [1.29, 1.82) is 0 Å². The second-order valence-electron chi connectivity index (χ2n) is 10.6. The molecular formula is C27H36N4O5S. The first kappa shape index (κ1) is 26.1. The Morgan fingerprint density at radius 3 is 2.65 bits per heavy atom. The van der Waals surface area contributed by atoms with Crippen LogP contribution in [-0.4, -0.2) is 58.9 Å². The second kappa shape index (κ2) is 11.9. The third kappa shape index (κ3) is 6.30. The molecule has 4 unspecified atom stereocenters. The summed E-state index contributed by atoms with van der Waals surface area (Å²) in [7, 11) is 1.75. The van der Waals surface area contributed by atoms with Gasteiger partial charge in [0.1, 0.15) is 11.9 Å². The van der Waals surface area contributed by atoms with Crippen LogP contribution in [0.1, 0.15) is 63.0 Å². The molecule has 1 amide bonds. The Labute approximate surface area is 221 Å². The number of carbonyl (C=O) groups excluding carboxylic acids is 1. The van der Waals surface area contributed by atoms with E-state index in [0.29, 0.717) is 42.1 Å². The summed E-state index contributed by atoms with van der Waals surface area (Å²) in [6, 6.07) is 4.08. The number of aromatic nitrogens is 2. The van der Waals surface area contributed by atoms with E-state index in [1.165, 1.54) is 11.3 Å². The molecule has 1 saturated heterocycles. The first-order valence-electron chi connectivity index (χ1n) is 13.3. The van der Waals surface area contributed by atoms with Crippen molar-refractivity contribution in [1.82, 2.24) is 15.3 Å². The molecule has 3 fully saturated rings. The zero-order chi connectivity index (χ0) is 25.8. The van der Waals surface area contributed by atoms with E-state index < -0.39 is 5.97 Å². The van der Waals surface area contributed by atoms with Crippen LogP contribution in [0.5, 0.6) is 5.75 Å². The summed E-state index contributed by atoms with van der Waals surface area (Å²) >= 11 is 1.42. The molecule has 0 bridgehead atoms. The molecule has 37 heavy (non-hydrogen) atoms. The highest BCUT2D eigenvalue weighted by Crippen LogP contribution is 2.41. The number of amides is 1. The molecule has 0 aromatic carbocycles. The lowest BCUT2D eigenvalue weighted by Gasteiger charge is -2.46. The quantitative estimate of drug-likeness (QED) is 0.469. The Kier molecular flexibility index (Phi) is 8.36. The second-order valence-corrected chi connectivity index (χ2v) is 11.5. The summed E-state index contributed by atoms with van der Waals surface area (Å²) in [5.74, 6) is 0.905. The van der Waals surface area contributed by atoms with E-state index in [1.807, 2.05) is 17.5 Å². The number of carbonyl (C=O) groups is 2. The van der Waals surface area contributed by atoms with E-state index in [9.17, 15) is 14.7 Å². The molecule has 2 saturated carbocycles. The van der Waals surface area contributed by atoms with Gasteiger partial charge in [-0.1, -0.05) is 0 Å². The van der Waals surface area contributed by atoms with Crippen LogP contribution < -0.4 is 15.4 Å². The number of hydrogen-bond donors (Lipinski definition) is 3. The molecule has 0 radical (unpaired) electrons. The molecule has 0 spiro atoms. The van der Waals surface area contributed by atoms with Crippen molar-refractivity contribution in [3.63, 3.8) is 0 Å². The normalized spacial score (nSPS) is 31.8. The fourth-order valence-corrected chi connectivity index (χ4v) is 6.98. The molecule has 2 aromatic heterocycles. The summed E-state index contributed by atoms with van der Waals surface area (Å²) in [6.45, 7) is 0.901. The van der Waals surface area contributed by atoms with Crippen LogP contribution >= 0.6 is 11.3 Å². The fraction of sp³-hybridized carbons (Fsp3) is 0.630. The average molecular weight is 529 g/mol. The largest absolute Gasteiger partial charge is 0.486 e. The van der Waals surface area contributed by atoms with Crippen molar-refractivity contribution in [2.24, 2.45) is 17.8 Å². The summed E-state index contributed by atoms with van der Waals surface area (Å²) in [6.07, 6.45) is 9.68. The predicted molar refractivity (Wildman–Crippen MR) is 140 cm³/mol. The monoisotopic (exact) mass is 528 g/mol. The third-order valence-electron chi connectivity index (χ3n) is 8.43. The molecule has 200 valence electrons. The van der Waals surface area contributed by atoms with Crippen molar-refractivity contribution >= 4 is 28.3 Å². The van der Waals surface area contributed by atoms with Crippen LogP contribution in [0.4, 0.5) is 5.13 Å². The van der Waals surface area contributed by atoms with E-state index in [-0.39, 0.29) is 30.1 Å². The number of carboxylic acids is 1. The Balaban J connectivity index is 1.20. The van der Waals surface area contributed by atoms with Gasteiger partial charge in [0.25, 0.3) is 0 Å². The van der Waals surface area contributed by atoms with Crippen LogP contribution in [0.2, 0.25) is 0 Å². The zero-order valence-corrected chi connectivity index (χ0v) is 22.0. The first-order valence-corrected chi connectivity index (χ1v) is 14.2. The van der Waals surface area contributed by atoms with Crippen LogP contribution in [-0.2, 0) is 14.3 Å². The number of nitrogens with one attached hydrogen (secondary N) is 2. The maximum absolute atomic E-state index is 12.7. The van der Waals surface area contributed by atoms with Crippen molar-refractivity contribution in [3.8, 4) is 5.75 Å². The minimum absolute atomic E-state index is 0.00452. The van der Waals surface area contributed by atoms with Crippen LogP contribution in [0, 0.1) is 17.8 Å². The first-order chi connectivity index (χ1) is 18.0. The van der Waals surface area contributed by atoms with Gasteiger partial charge in [-0.15, -0.1) is 11.3 Å². The zero-order valence-electron chi connectivity index (χ0n) is 21.2. The van der Waals surface area contributed by atoms with Gasteiger partial charge in [-0.25, -0.2) is 4.98 Å². The minimum atomic E-state index is -0.687. The van der Waals surface area contributed by atoms with Crippen molar-refractivity contribution in [3.05, 3.63) is 35.6 Å². The highest BCUT2D eigenvalue weighted by atomic mass is 32.1. The van der Waals surface area contributed by atoms with Crippen molar-refractivity contribution in [2.45, 2.75) is 75.5 Å². The summed E-state index contributed by atoms with van der Waals surface area (Å²) < 4.78 is 12.3. The summed E-state index contributed by atoms with van der Waals surface area (Å²) in [5, 5.41) is 18.2. The van der Waals surface area contributed by atoms with Gasteiger partial charge < -0.3 is 25.2 Å². The number of hydrogen-bond acceptors (Lipinski definition) is 8. The SMILES string of the molecule is COC1CC2CCN[C@H](CC(=O)Nc3nccs3)C2CC1Oc1ccc(C2CCC(C(=O)O)CC2)nc1. The molecule has 10 heteroatoms. The Morgan fingerprint density at radius 2 is 1.97 bits per heavy atom. The predicted octanol–water partition coefficient (Wildman–Crippen LogP) is 4.08. The lowest BCUT2D eigenvalue weighted by molar-refractivity contribution is -0.142. The fourth-order valence-electron chi connectivity index (χ4n) is 6.43. The van der Waals surface area contributed by atoms with Gasteiger partial charge in [-0.3, -0.25) is 14.6 Å². The van der Waals surface area contributed by atoms with E-state index >= 15 is 0 Å². The highest BCUT2D eigenvalue weighted by Gasteiger charge is 2.44. The number of anilines is 1. The molecule has 3 N–H and O–H groups in total. The molecular weight excluding hydrogens is 492 g/mol. The van der Waals surface area contributed by atoms with Gasteiger partial charge in [0.05, 0.1) is 18.2 Å². The standard InChI is InChI=1S/C27H36N4O5S/c1-35-23-12-18-8-9-28-22(14-25(32)31-27-29-10-11-37-27)20(18)13-24(23)36-19-6-7-21(30-15-19)16-2-4-17(5-3-16)26(33)34/h6-7,10-11,15-18,20,22-24,28H,2-5,8-9,12-14H2,1H3,(H,33,34)(H,29,31,32)/t16?,17?,18?,20?,22-,23?,24?/m1/s1. The number of carboxylic acid groups (broad SMARTS) is 1. The average Bonchev–Trinajstić information content (AvgIpc) is 3.42. The molecule has 1 aliphatic heterocycles. The Morgan fingerprint density at radius 1 is 1.14 bits per heavy atom. The van der Waals surface area contributed by atoms with Gasteiger partial charge in [0.2, 0.25) is 5.91 Å². The maximum atomic E-state index is 12.7. The van der Waals surface area contributed by atoms with Gasteiger partial charge in [-0.05, 0) is 75.5 Å². The highest BCUT2D eigenvalue weighted by molar-refractivity contribution is 7.13. The van der Waals surface area contributed by atoms with Crippen LogP contribution in [0.25, 0.3) is 0 Å². The molecule has 2 aromatic rings. The van der Waals surface area contributed by atoms with Crippen molar-refractivity contribution in [2.75, 3.05) is 19.0 Å². The van der Waals surface area contributed by atoms with Crippen molar-refractivity contribution < 1.29 is 24.2 Å². The lowest BCUT2D eigenvalue weighted by Crippen LogP contribution is -2.54. The van der Waals surface area contributed by atoms with E-state index in [0.717, 1.165) is 50.1 Å². The number of methoxy groups -OCH3 is 1. The number of fused-ring (bicyclic) bond motifs is 1. The number of ether oxygens (including phenoxy) is 2. The number of rotatable bonds is 8. The maximum Gasteiger partial charge on any atom is 0.306 e. The Hall–Kier alpha value is -2.56. The third-order valence-corrected chi connectivity index (χ3v) is 9.11. The number of aliphatic carboxylic acids is 1. The van der Waals surface area contributed by atoms with Gasteiger partial charge in [0, 0.05) is 42.8 Å². The molecule has 5 rings (SSSR count). The molecule has 3 aliphatic rings. The van der Waals surface area contributed by atoms with Crippen LogP contribution in [0.15, 0.2) is 29.9 Å². The number of thiazole rings is 1. The molecule has 9 nitrogen and oxygen atoms in total. The number of nitrogens with zero attached hydrogens (tertiary/aromatic N) is 2. The molecule has 2 aliphatic carbocycles. The van der Waals surface area contributed by atoms with E-state index in [2.05, 4.69) is 20.6 Å². The summed E-state index contributed by atoms with van der Waals surface area (Å²) in [4.78, 5) is 32.8. The Bertz CT molecular complexity index is 1040. The molecule has 5 atom stereocenters. The lowest BCUT2D eigenvalue weighted by atomic mass is 9.69. The van der Waals surface area contributed by atoms with Gasteiger partial charge in [-0.2, -0.15) is 0 Å². The topological polar surface area (TPSA) is 123 Å². The minimum Gasteiger partial charge on any atom is -0.486 e.